The predicted octanol–water partition coefficient (Wildman–Crippen LogP) is 3.61. The first-order valence-electron chi connectivity index (χ1n) is 7.55. The molecule has 6 heteroatoms. The fourth-order valence-electron chi connectivity index (χ4n) is 2.73. The number of anilines is 1. The smallest absolute Gasteiger partial charge is 0.340 e. The fraction of sp³-hybridized carbons (Fsp3) is 0.105. The van der Waals surface area contributed by atoms with Crippen molar-refractivity contribution >= 4 is 35.2 Å². The van der Waals surface area contributed by atoms with Crippen LogP contribution in [0.15, 0.2) is 65.6 Å². The summed E-state index contributed by atoms with van der Waals surface area (Å²) in [6.45, 7) is 1.69. The van der Waals surface area contributed by atoms with Crippen molar-refractivity contribution in [1.82, 2.24) is 4.98 Å². The third kappa shape index (κ3) is 3.06. The number of amides is 1. The van der Waals surface area contributed by atoms with Crippen molar-refractivity contribution in [2.75, 3.05) is 12.0 Å². The van der Waals surface area contributed by atoms with E-state index in [9.17, 15) is 9.59 Å². The molecule has 0 saturated heterocycles. The first-order chi connectivity index (χ1) is 12.0. The van der Waals surface area contributed by atoms with Gasteiger partial charge in [0.1, 0.15) is 0 Å². The van der Waals surface area contributed by atoms with Crippen LogP contribution in [0.2, 0.25) is 5.02 Å². The Labute approximate surface area is 150 Å². The largest absolute Gasteiger partial charge is 0.465 e. The normalized spacial score (nSPS) is 15.9. The number of hydrogen-bond donors (Lipinski definition) is 0. The third-order valence-electron chi connectivity index (χ3n) is 3.88. The van der Waals surface area contributed by atoms with E-state index in [1.54, 1.807) is 61.8 Å². The van der Waals surface area contributed by atoms with Crippen molar-refractivity contribution < 1.29 is 14.3 Å². The van der Waals surface area contributed by atoms with E-state index in [0.717, 1.165) is 0 Å². The molecule has 0 atom stereocenters. The summed E-state index contributed by atoms with van der Waals surface area (Å²) in [7, 11) is 1.28. The monoisotopic (exact) mass is 354 g/mol. The molecular formula is C19H15ClN2O3. The summed E-state index contributed by atoms with van der Waals surface area (Å²) in [5.74, 6) is -0.912. The maximum absolute atomic E-state index is 13.0. The van der Waals surface area contributed by atoms with E-state index in [1.807, 2.05) is 0 Å². The molecular weight excluding hydrogens is 340 g/mol. The highest BCUT2D eigenvalue weighted by molar-refractivity contribution is 6.35. The molecule has 1 aliphatic heterocycles. The minimum Gasteiger partial charge on any atom is -0.465 e. The van der Waals surface area contributed by atoms with Crippen molar-refractivity contribution in [3.05, 3.63) is 76.2 Å². The molecule has 126 valence electrons. The summed E-state index contributed by atoms with van der Waals surface area (Å²) < 4.78 is 4.87. The Hall–Kier alpha value is -2.92. The zero-order valence-corrected chi connectivity index (χ0v) is 14.4. The number of benzene rings is 1. The molecule has 2 aromatic rings. The number of ether oxygens (including phenoxy) is 1. The van der Waals surface area contributed by atoms with Crippen LogP contribution in [0.25, 0.3) is 6.08 Å². The highest BCUT2D eigenvalue weighted by Crippen LogP contribution is 2.38. The molecule has 1 aromatic carbocycles. The summed E-state index contributed by atoms with van der Waals surface area (Å²) in [6.07, 6.45) is 4.88. The van der Waals surface area contributed by atoms with Crippen LogP contribution in [-0.4, -0.2) is 24.0 Å². The molecule has 1 amide bonds. The first-order valence-corrected chi connectivity index (χ1v) is 7.92. The maximum Gasteiger partial charge on any atom is 0.340 e. The van der Waals surface area contributed by atoms with E-state index in [-0.39, 0.29) is 17.1 Å². The average Bonchev–Trinajstić information content (AvgIpc) is 2.86. The number of rotatable bonds is 3. The summed E-state index contributed by atoms with van der Waals surface area (Å²) in [6, 6.07) is 10.5. The van der Waals surface area contributed by atoms with Crippen LogP contribution >= 0.6 is 11.6 Å². The van der Waals surface area contributed by atoms with Crippen LogP contribution in [0.5, 0.6) is 0 Å². The number of para-hydroxylation sites is 1. The summed E-state index contributed by atoms with van der Waals surface area (Å²) in [5, 5.41) is 0.419. The van der Waals surface area contributed by atoms with Gasteiger partial charge in [-0.1, -0.05) is 29.8 Å². The number of esters is 1. The molecule has 5 nitrogen and oxygen atoms in total. The molecule has 0 saturated carbocycles. The Bertz CT molecular complexity index is 904. The fourth-order valence-corrected chi connectivity index (χ4v) is 2.95. The van der Waals surface area contributed by atoms with Crippen LogP contribution in [0.3, 0.4) is 0 Å². The Kier molecular flexibility index (Phi) is 4.67. The highest BCUT2D eigenvalue weighted by atomic mass is 35.5. The van der Waals surface area contributed by atoms with Gasteiger partial charge in [0.15, 0.2) is 0 Å². The number of methoxy groups -OCH3 is 1. The molecule has 1 aromatic heterocycles. The van der Waals surface area contributed by atoms with Gasteiger partial charge >= 0.3 is 5.97 Å². The van der Waals surface area contributed by atoms with Gasteiger partial charge in [0, 0.05) is 18.1 Å². The number of nitrogens with zero attached hydrogens (tertiary/aromatic N) is 2. The number of carbonyl (C=O) groups excluding carboxylic acids is 2. The topological polar surface area (TPSA) is 59.5 Å². The lowest BCUT2D eigenvalue weighted by atomic mass is 10.0. The molecule has 0 radical (unpaired) electrons. The number of aromatic nitrogens is 1. The van der Waals surface area contributed by atoms with Crippen LogP contribution in [0.4, 0.5) is 5.69 Å². The molecule has 0 unspecified atom stereocenters. The lowest BCUT2D eigenvalue weighted by molar-refractivity contribution is -0.136. The van der Waals surface area contributed by atoms with Crippen molar-refractivity contribution in [2.24, 2.45) is 0 Å². The van der Waals surface area contributed by atoms with Crippen LogP contribution in [-0.2, 0) is 14.3 Å². The zero-order chi connectivity index (χ0) is 18.0. The standard InChI is InChI=1S/C19H15ClN2O3/c1-12-17(19(24)25-2)14(10-13-6-5-9-21-11-13)18(23)22(12)16-8-4-3-7-15(16)20/h3-11H,1-2H3/b14-10-. The van der Waals surface area contributed by atoms with Gasteiger partial charge in [-0.15, -0.1) is 0 Å². The molecule has 25 heavy (non-hydrogen) atoms. The number of pyridine rings is 1. The lowest BCUT2D eigenvalue weighted by Crippen LogP contribution is -2.24. The molecule has 0 fully saturated rings. The molecule has 0 spiro atoms. The Morgan fingerprint density at radius 3 is 2.64 bits per heavy atom. The second-order valence-corrected chi connectivity index (χ2v) is 5.80. The molecule has 2 heterocycles. The summed E-state index contributed by atoms with van der Waals surface area (Å²) in [4.78, 5) is 30.8. The van der Waals surface area contributed by atoms with Crippen LogP contribution < -0.4 is 4.90 Å². The Morgan fingerprint density at radius 2 is 2.00 bits per heavy atom. The second-order valence-electron chi connectivity index (χ2n) is 5.39. The first kappa shape index (κ1) is 16.9. The van der Waals surface area contributed by atoms with E-state index < -0.39 is 5.97 Å². The van der Waals surface area contributed by atoms with Gasteiger partial charge in [-0.05, 0) is 36.8 Å². The van der Waals surface area contributed by atoms with Gasteiger partial charge in [-0.3, -0.25) is 14.7 Å². The highest BCUT2D eigenvalue weighted by Gasteiger charge is 2.38. The number of halogens is 1. The lowest BCUT2D eigenvalue weighted by Gasteiger charge is -2.19. The summed E-state index contributed by atoms with van der Waals surface area (Å²) in [5.41, 5.74) is 2.16. The van der Waals surface area contributed by atoms with Gasteiger partial charge in [-0.2, -0.15) is 0 Å². The van der Waals surface area contributed by atoms with Crippen molar-refractivity contribution in [1.29, 1.82) is 0 Å². The molecule has 1 aliphatic rings. The van der Waals surface area contributed by atoms with E-state index in [4.69, 9.17) is 16.3 Å². The van der Waals surface area contributed by atoms with Gasteiger partial charge in [0.2, 0.25) is 0 Å². The van der Waals surface area contributed by atoms with Gasteiger partial charge in [0.25, 0.3) is 5.91 Å². The van der Waals surface area contributed by atoms with E-state index in [1.165, 1.54) is 12.0 Å². The average molecular weight is 355 g/mol. The van der Waals surface area contributed by atoms with Gasteiger partial charge < -0.3 is 4.74 Å². The number of allylic oxidation sites excluding steroid dienone is 1. The zero-order valence-electron chi connectivity index (χ0n) is 13.7. The quantitative estimate of drug-likeness (QED) is 0.624. The Balaban J connectivity index is 2.17. The van der Waals surface area contributed by atoms with E-state index >= 15 is 0 Å². The third-order valence-corrected chi connectivity index (χ3v) is 4.20. The minimum atomic E-state index is -0.574. The minimum absolute atomic E-state index is 0.219. The van der Waals surface area contributed by atoms with E-state index in [2.05, 4.69) is 4.98 Å². The van der Waals surface area contributed by atoms with Crippen molar-refractivity contribution in [2.45, 2.75) is 6.92 Å². The van der Waals surface area contributed by atoms with Crippen molar-refractivity contribution in [3.63, 3.8) is 0 Å². The summed E-state index contributed by atoms with van der Waals surface area (Å²) >= 11 is 6.24. The maximum atomic E-state index is 13.0. The van der Waals surface area contributed by atoms with Crippen molar-refractivity contribution in [3.8, 4) is 0 Å². The van der Waals surface area contributed by atoms with Crippen LogP contribution in [0, 0.1) is 0 Å². The number of carbonyl (C=O) groups is 2. The van der Waals surface area contributed by atoms with E-state index in [0.29, 0.717) is 22.0 Å². The molecule has 0 aliphatic carbocycles. The Morgan fingerprint density at radius 1 is 1.24 bits per heavy atom. The SMILES string of the molecule is COC(=O)C1=C(C)N(c2ccccc2Cl)C(=O)/C1=C\c1cccnc1. The van der Waals surface area contributed by atoms with Gasteiger partial charge in [-0.25, -0.2) is 4.79 Å². The predicted molar refractivity (Wildman–Crippen MR) is 95.9 cm³/mol. The molecule has 3 rings (SSSR count). The molecule has 0 N–H and O–H groups in total. The number of hydrogen-bond acceptors (Lipinski definition) is 4. The molecule has 0 bridgehead atoms. The van der Waals surface area contributed by atoms with Gasteiger partial charge in [0.05, 0.1) is 29.0 Å². The van der Waals surface area contributed by atoms with Crippen LogP contribution in [0.1, 0.15) is 12.5 Å². The second kappa shape index (κ2) is 6.91.